The zero-order valence-electron chi connectivity index (χ0n) is 15.5. The fourth-order valence-electron chi connectivity index (χ4n) is 3.24. The number of methoxy groups -OCH3 is 1. The van der Waals surface area contributed by atoms with Gasteiger partial charge in [0.2, 0.25) is 5.91 Å². The maximum atomic E-state index is 12.9. The average molecular weight is 423 g/mol. The highest BCUT2D eigenvalue weighted by atomic mass is 35.5. The third-order valence-electron chi connectivity index (χ3n) is 4.49. The van der Waals surface area contributed by atoms with Crippen molar-refractivity contribution >= 4 is 41.2 Å². The summed E-state index contributed by atoms with van der Waals surface area (Å²) >= 11 is 7.20. The second-order valence-electron chi connectivity index (χ2n) is 6.15. The lowest BCUT2D eigenvalue weighted by atomic mass is 9.82. The molecule has 9 heteroatoms. The number of halogens is 1. The van der Waals surface area contributed by atoms with Gasteiger partial charge in [0.25, 0.3) is 0 Å². The Kier molecular flexibility index (Phi) is 5.71. The van der Waals surface area contributed by atoms with Crippen LogP contribution in [0.5, 0.6) is 0 Å². The lowest BCUT2D eigenvalue weighted by Crippen LogP contribution is -2.40. The van der Waals surface area contributed by atoms with Crippen molar-refractivity contribution < 1.29 is 23.9 Å². The van der Waals surface area contributed by atoms with Crippen LogP contribution >= 0.6 is 23.4 Å². The Hall–Kier alpha value is -2.45. The number of rotatable bonds is 4. The van der Waals surface area contributed by atoms with Gasteiger partial charge in [-0.15, -0.1) is 0 Å². The first-order valence-electron chi connectivity index (χ1n) is 8.57. The summed E-state index contributed by atoms with van der Waals surface area (Å²) in [6, 6.07) is 6.70. The molecule has 0 aromatic heterocycles. The van der Waals surface area contributed by atoms with E-state index in [0.29, 0.717) is 15.6 Å². The van der Waals surface area contributed by atoms with Crippen LogP contribution in [0.15, 0.2) is 46.3 Å². The summed E-state index contributed by atoms with van der Waals surface area (Å²) in [5.41, 5.74) is 7.05. The minimum absolute atomic E-state index is 0.0136. The van der Waals surface area contributed by atoms with Crippen LogP contribution < -0.4 is 5.73 Å². The Labute approximate surface area is 171 Å². The highest BCUT2D eigenvalue weighted by Gasteiger charge is 2.48. The predicted molar refractivity (Wildman–Crippen MR) is 105 cm³/mol. The molecule has 0 aliphatic carbocycles. The van der Waals surface area contributed by atoms with E-state index in [2.05, 4.69) is 0 Å². The quantitative estimate of drug-likeness (QED) is 0.744. The normalized spacial score (nSPS) is 21.7. The van der Waals surface area contributed by atoms with Gasteiger partial charge in [0, 0.05) is 5.02 Å². The van der Waals surface area contributed by atoms with Crippen molar-refractivity contribution in [3.8, 4) is 0 Å². The molecule has 2 N–H and O–H groups in total. The molecule has 0 unspecified atom stereocenters. The fraction of sp³-hybridized carbons (Fsp3) is 0.316. The standard InChI is InChI=1S/C19H19ClN2O5S/c1-4-27-19(25)14-12(10-5-7-11(20)8-6-10)13(18(24)26-3)15(21)22-16(23)9(2)28-17(14)22/h5-9,12H,4,21H2,1-3H3/t9-,12-/m0/s1. The Morgan fingerprint density at radius 3 is 2.43 bits per heavy atom. The van der Waals surface area contributed by atoms with Gasteiger partial charge in [0.05, 0.1) is 41.1 Å². The van der Waals surface area contributed by atoms with Gasteiger partial charge in [0.1, 0.15) is 5.82 Å². The molecule has 1 fully saturated rings. The van der Waals surface area contributed by atoms with E-state index >= 15 is 0 Å². The Balaban J connectivity index is 2.30. The number of hydrogen-bond acceptors (Lipinski definition) is 7. The number of benzene rings is 1. The third-order valence-corrected chi connectivity index (χ3v) is 5.92. The molecule has 1 aromatic rings. The number of carbonyl (C=O) groups is 3. The molecule has 2 aliphatic rings. The van der Waals surface area contributed by atoms with Gasteiger partial charge in [-0.25, -0.2) is 9.59 Å². The first-order chi connectivity index (χ1) is 13.3. The van der Waals surface area contributed by atoms with Crippen molar-refractivity contribution in [1.29, 1.82) is 0 Å². The summed E-state index contributed by atoms with van der Waals surface area (Å²) in [6.45, 7) is 3.54. The van der Waals surface area contributed by atoms with Crippen LogP contribution in [0.1, 0.15) is 25.3 Å². The largest absolute Gasteiger partial charge is 0.466 e. The molecule has 2 aliphatic heterocycles. The van der Waals surface area contributed by atoms with Crippen molar-refractivity contribution in [3.63, 3.8) is 0 Å². The minimum Gasteiger partial charge on any atom is -0.466 e. The van der Waals surface area contributed by atoms with Gasteiger partial charge in [0.15, 0.2) is 0 Å². The SMILES string of the molecule is CCOC(=O)C1=C2S[C@@H](C)C(=O)N2C(N)=C(C(=O)OC)[C@@H]1c1ccc(Cl)cc1. The maximum Gasteiger partial charge on any atom is 0.338 e. The topological polar surface area (TPSA) is 98.9 Å². The molecule has 3 rings (SSSR count). The second kappa shape index (κ2) is 7.89. The first-order valence-corrected chi connectivity index (χ1v) is 9.82. The maximum absolute atomic E-state index is 12.9. The van der Waals surface area contributed by atoms with Crippen molar-refractivity contribution in [2.24, 2.45) is 5.73 Å². The number of amides is 1. The first kappa shape index (κ1) is 20.3. The second-order valence-corrected chi connectivity index (χ2v) is 7.91. The van der Waals surface area contributed by atoms with E-state index in [4.69, 9.17) is 26.8 Å². The summed E-state index contributed by atoms with van der Waals surface area (Å²) in [6.07, 6.45) is 0. The van der Waals surface area contributed by atoms with Crippen LogP contribution in [-0.2, 0) is 23.9 Å². The van der Waals surface area contributed by atoms with E-state index in [0.717, 1.165) is 0 Å². The molecule has 0 bridgehead atoms. The van der Waals surface area contributed by atoms with Gasteiger partial charge < -0.3 is 15.2 Å². The fourth-order valence-corrected chi connectivity index (χ4v) is 4.52. The predicted octanol–water partition coefficient (Wildman–Crippen LogP) is 2.52. The van der Waals surface area contributed by atoms with Crippen molar-refractivity contribution in [1.82, 2.24) is 4.90 Å². The molecule has 148 valence electrons. The Bertz CT molecular complexity index is 909. The number of fused-ring (bicyclic) bond motifs is 1. The highest BCUT2D eigenvalue weighted by molar-refractivity contribution is 8.04. The number of thioether (sulfide) groups is 1. The molecular formula is C19H19ClN2O5S. The Morgan fingerprint density at radius 1 is 1.21 bits per heavy atom. The molecule has 0 radical (unpaired) electrons. The molecule has 1 aromatic carbocycles. The summed E-state index contributed by atoms with van der Waals surface area (Å²) < 4.78 is 10.2. The summed E-state index contributed by atoms with van der Waals surface area (Å²) in [5, 5.41) is 0.420. The van der Waals surface area contributed by atoms with Crippen LogP contribution in [0.4, 0.5) is 0 Å². The van der Waals surface area contributed by atoms with E-state index < -0.39 is 23.1 Å². The van der Waals surface area contributed by atoms with Crippen LogP contribution in [0.25, 0.3) is 0 Å². The number of esters is 2. The molecule has 28 heavy (non-hydrogen) atoms. The van der Waals surface area contributed by atoms with Crippen LogP contribution in [0.2, 0.25) is 5.02 Å². The van der Waals surface area contributed by atoms with E-state index in [1.165, 1.54) is 23.8 Å². The van der Waals surface area contributed by atoms with Gasteiger partial charge in [-0.2, -0.15) is 0 Å². The third kappa shape index (κ3) is 3.27. The molecular weight excluding hydrogens is 404 g/mol. The smallest absolute Gasteiger partial charge is 0.338 e. The molecule has 2 atom stereocenters. The number of nitrogens with two attached hydrogens (primary N) is 1. The van der Waals surface area contributed by atoms with Crippen molar-refractivity contribution in [3.05, 3.63) is 56.8 Å². The van der Waals surface area contributed by atoms with Gasteiger partial charge in [-0.1, -0.05) is 35.5 Å². The summed E-state index contributed by atoms with van der Waals surface area (Å²) in [4.78, 5) is 39.4. The number of nitrogens with zero attached hydrogens (tertiary/aromatic N) is 1. The lowest BCUT2D eigenvalue weighted by Gasteiger charge is -2.33. The molecule has 1 amide bonds. The average Bonchev–Trinajstić information content (AvgIpc) is 2.96. The van der Waals surface area contributed by atoms with Crippen LogP contribution in [0.3, 0.4) is 0 Å². The molecule has 2 heterocycles. The Morgan fingerprint density at radius 2 is 1.86 bits per heavy atom. The molecule has 0 saturated carbocycles. The van der Waals surface area contributed by atoms with Crippen molar-refractivity contribution in [2.45, 2.75) is 25.0 Å². The molecule has 7 nitrogen and oxygen atoms in total. The number of carbonyl (C=O) groups excluding carboxylic acids is 3. The van der Waals surface area contributed by atoms with E-state index in [-0.39, 0.29) is 29.5 Å². The van der Waals surface area contributed by atoms with Crippen LogP contribution in [0, 0.1) is 0 Å². The lowest BCUT2D eigenvalue weighted by molar-refractivity contribution is -0.139. The molecule has 1 saturated heterocycles. The summed E-state index contributed by atoms with van der Waals surface area (Å²) in [7, 11) is 1.22. The van der Waals surface area contributed by atoms with Gasteiger partial charge >= 0.3 is 11.9 Å². The van der Waals surface area contributed by atoms with Gasteiger partial charge in [-0.05, 0) is 31.5 Å². The zero-order chi connectivity index (χ0) is 20.6. The zero-order valence-corrected chi connectivity index (χ0v) is 17.1. The van der Waals surface area contributed by atoms with Crippen LogP contribution in [-0.4, -0.2) is 41.7 Å². The minimum atomic E-state index is -0.847. The van der Waals surface area contributed by atoms with E-state index in [1.54, 1.807) is 38.1 Å². The number of ether oxygens (including phenoxy) is 2. The van der Waals surface area contributed by atoms with Gasteiger partial charge in [-0.3, -0.25) is 9.69 Å². The molecule has 0 spiro atoms. The number of hydrogen-bond donors (Lipinski definition) is 1. The summed E-state index contributed by atoms with van der Waals surface area (Å²) in [5.74, 6) is -2.55. The highest BCUT2D eigenvalue weighted by Crippen LogP contribution is 2.49. The van der Waals surface area contributed by atoms with E-state index in [9.17, 15) is 14.4 Å². The monoisotopic (exact) mass is 422 g/mol. The van der Waals surface area contributed by atoms with Crippen molar-refractivity contribution in [2.75, 3.05) is 13.7 Å². The van der Waals surface area contributed by atoms with E-state index in [1.807, 2.05) is 0 Å².